The van der Waals surface area contributed by atoms with Gasteiger partial charge in [0.25, 0.3) is 0 Å². The highest BCUT2D eigenvalue weighted by molar-refractivity contribution is 5.80. The van der Waals surface area contributed by atoms with Gasteiger partial charge in [0.15, 0.2) is 0 Å². The lowest BCUT2D eigenvalue weighted by Crippen LogP contribution is -2.38. The maximum atomic E-state index is 12.1. The van der Waals surface area contributed by atoms with Gasteiger partial charge in [-0.25, -0.2) is 0 Å². The van der Waals surface area contributed by atoms with Gasteiger partial charge < -0.3 is 19.5 Å². The van der Waals surface area contributed by atoms with Gasteiger partial charge in [-0.2, -0.15) is 0 Å². The molecule has 0 aliphatic heterocycles. The number of hydrogen-bond acceptors (Lipinski definition) is 6. The van der Waals surface area contributed by atoms with Gasteiger partial charge in [0, 0.05) is 20.1 Å². The number of nitrogens with zero attached hydrogens (tertiary/aromatic N) is 4. The molecule has 0 spiro atoms. The van der Waals surface area contributed by atoms with Crippen molar-refractivity contribution in [3.05, 3.63) is 5.89 Å². The molecule has 0 aliphatic carbocycles. The second-order valence-electron chi connectivity index (χ2n) is 5.02. The highest BCUT2D eigenvalue weighted by Gasteiger charge is 2.19. The van der Waals surface area contributed by atoms with Crippen LogP contribution in [0, 0.1) is 0 Å². The van der Waals surface area contributed by atoms with Crippen LogP contribution in [0.15, 0.2) is 4.42 Å². The van der Waals surface area contributed by atoms with Crippen molar-refractivity contribution >= 4 is 11.9 Å². The van der Waals surface area contributed by atoms with E-state index in [-0.39, 0.29) is 18.5 Å². The molecule has 1 rings (SSSR count). The first-order valence-corrected chi connectivity index (χ1v) is 7.59. The second-order valence-corrected chi connectivity index (χ2v) is 5.02. The molecule has 120 valence electrons. The number of carbonyl (C=O) groups is 1. The van der Waals surface area contributed by atoms with E-state index in [0.717, 1.165) is 13.0 Å². The number of anilines is 1. The minimum Gasteiger partial charge on any atom is -0.406 e. The molecule has 1 N–H and O–H groups in total. The molecule has 0 fully saturated rings. The normalized spacial score (nSPS) is 12.2. The molecule has 1 amide bonds. The summed E-state index contributed by atoms with van der Waals surface area (Å²) in [6, 6.07) is 0.383. The smallest absolute Gasteiger partial charge is 0.318 e. The van der Waals surface area contributed by atoms with Crippen molar-refractivity contribution in [2.45, 2.75) is 40.2 Å². The van der Waals surface area contributed by atoms with Gasteiger partial charge in [0.05, 0.1) is 6.04 Å². The summed E-state index contributed by atoms with van der Waals surface area (Å²) < 4.78 is 5.62. The largest absolute Gasteiger partial charge is 0.406 e. The van der Waals surface area contributed by atoms with Gasteiger partial charge in [0.2, 0.25) is 11.8 Å². The summed E-state index contributed by atoms with van der Waals surface area (Å²) in [5.41, 5.74) is 0. The number of aromatic nitrogens is 2. The highest BCUT2D eigenvalue weighted by Crippen LogP contribution is 2.16. The Morgan fingerprint density at radius 3 is 2.52 bits per heavy atom. The molecule has 1 atom stereocenters. The van der Waals surface area contributed by atoms with Crippen molar-refractivity contribution < 1.29 is 9.21 Å². The van der Waals surface area contributed by atoms with Gasteiger partial charge >= 0.3 is 6.01 Å². The molecule has 1 aromatic rings. The van der Waals surface area contributed by atoms with Crippen LogP contribution in [-0.4, -0.2) is 54.2 Å². The molecule has 0 aromatic carbocycles. The van der Waals surface area contributed by atoms with E-state index in [1.165, 1.54) is 0 Å². The van der Waals surface area contributed by atoms with Crippen molar-refractivity contribution in [1.29, 1.82) is 0 Å². The molecule has 0 aliphatic rings. The summed E-state index contributed by atoms with van der Waals surface area (Å²) in [5.74, 6) is 0.597. The predicted molar refractivity (Wildman–Crippen MR) is 82.2 cm³/mol. The fourth-order valence-corrected chi connectivity index (χ4v) is 1.95. The Bertz CT molecular complexity index is 431. The minimum atomic E-state index is 0.0121. The van der Waals surface area contributed by atoms with Crippen molar-refractivity contribution in [1.82, 2.24) is 20.4 Å². The third-order valence-electron chi connectivity index (χ3n) is 3.32. The minimum absolute atomic E-state index is 0.0121. The summed E-state index contributed by atoms with van der Waals surface area (Å²) in [6.07, 6.45) is 1.05. The van der Waals surface area contributed by atoms with Crippen LogP contribution in [0.3, 0.4) is 0 Å². The van der Waals surface area contributed by atoms with Crippen LogP contribution >= 0.6 is 0 Å². The first-order valence-electron chi connectivity index (χ1n) is 7.59. The van der Waals surface area contributed by atoms with E-state index < -0.39 is 0 Å². The summed E-state index contributed by atoms with van der Waals surface area (Å²) >= 11 is 0. The molecule has 0 saturated carbocycles. The molecule has 21 heavy (non-hydrogen) atoms. The van der Waals surface area contributed by atoms with Crippen LogP contribution in [0.4, 0.5) is 6.01 Å². The van der Waals surface area contributed by atoms with Crippen LogP contribution in [-0.2, 0) is 4.79 Å². The molecule has 0 radical (unpaired) electrons. The maximum Gasteiger partial charge on any atom is 0.318 e. The van der Waals surface area contributed by atoms with Crippen LogP contribution in [0.2, 0.25) is 0 Å². The molecule has 7 heteroatoms. The lowest BCUT2D eigenvalue weighted by atomic mass is 10.3. The number of nitrogens with one attached hydrogen (secondary N) is 1. The van der Waals surface area contributed by atoms with E-state index in [1.54, 1.807) is 16.8 Å². The zero-order valence-electron chi connectivity index (χ0n) is 13.7. The maximum absolute atomic E-state index is 12.1. The Balaban J connectivity index is 2.61. The molecule has 1 aromatic heterocycles. The number of amides is 1. The topological polar surface area (TPSA) is 74.5 Å². The first-order chi connectivity index (χ1) is 10.0. The molecule has 0 bridgehead atoms. The Kier molecular flexibility index (Phi) is 7.14. The van der Waals surface area contributed by atoms with Gasteiger partial charge in [-0.05, 0) is 33.7 Å². The van der Waals surface area contributed by atoms with Crippen LogP contribution < -0.4 is 10.2 Å². The van der Waals surface area contributed by atoms with Gasteiger partial charge in [-0.15, -0.1) is 5.10 Å². The lowest BCUT2D eigenvalue weighted by Gasteiger charge is -2.21. The molecule has 1 unspecified atom stereocenters. The lowest BCUT2D eigenvalue weighted by molar-refractivity contribution is -0.129. The van der Waals surface area contributed by atoms with E-state index in [1.807, 2.05) is 20.8 Å². The second kappa shape index (κ2) is 8.61. The van der Waals surface area contributed by atoms with Crippen LogP contribution in [0.1, 0.15) is 46.0 Å². The van der Waals surface area contributed by atoms with Crippen LogP contribution in [0.25, 0.3) is 0 Å². The van der Waals surface area contributed by atoms with E-state index in [4.69, 9.17) is 4.42 Å². The number of hydrogen-bond donors (Lipinski definition) is 1. The number of rotatable bonds is 9. The van der Waals surface area contributed by atoms with Crippen LogP contribution in [0.5, 0.6) is 0 Å². The monoisotopic (exact) mass is 297 g/mol. The summed E-state index contributed by atoms with van der Waals surface area (Å²) in [5, 5.41) is 11.3. The molecule has 0 saturated heterocycles. The standard InChI is InChI=1S/C14H27N5O2/c1-6-9-15-11(4)13-16-17-14(21-13)18(5)10-12(20)19(7-2)8-3/h11,15H,6-10H2,1-5H3. The molecular weight excluding hydrogens is 270 g/mol. The SMILES string of the molecule is CCCNC(C)c1nnc(N(C)CC(=O)N(CC)CC)o1. The average Bonchev–Trinajstić information content (AvgIpc) is 2.96. The zero-order valence-corrected chi connectivity index (χ0v) is 13.7. The fraction of sp³-hybridized carbons (Fsp3) is 0.786. The Morgan fingerprint density at radius 1 is 1.29 bits per heavy atom. The Hall–Kier alpha value is -1.63. The third-order valence-corrected chi connectivity index (χ3v) is 3.32. The van der Waals surface area contributed by atoms with E-state index in [9.17, 15) is 4.79 Å². The van der Waals surface area contributed by atoms with E-state index in [2.05, 4.69) is 22.4 Å². The molecule has 7 nitrogen and oxygen atoms in total. The van der Waals surface area contributed by atoms with Crippen molar-refractivity contribution in [3.63, 3.8) is 0 Å². The van der Waals surface area contributed by atoms with Gasteiger partial charge in [-0.1, -0.05) is 12.0 Å². The number of likely N-dealkylation sites (N-methyl/N-ethyl adjacent to an activating group) is 2. The van der Waals surface area contributed by atoms with Gasteiger partial charge in [0.1, 0.15) is 6.54 Å². The van der Waals surface area contributed by atoms with Crippen molar-refractivity contribution in [2.24, 2.45) is 0 Å². The molecule has 1 heterocycles. The predicted octanol–water partition coefficient (Wildman–Crippen LogP) is 1.43. The highest BCUT2D eigenvalue weighted by atomic mass is 16.4. The fourth-order valence-electron chi connectivity index (χ4n) is 1.95. The molecular formula is C14H27N5O2. The third kappa shape index (κ3) is 5.00. The summed E-state index contributed by atoms with van der Waals surface area (Å²) in [6.45, 7) is 10.6. The van der Waals surface area contributed by atoms with Crippen molar-refractivity contribution in [2.75, 3.05) is 38.1 Å². The average molecular weight is 297 g/mol. The summed E-state index contributed by atoms with van der Waals surface area (Å²) in [7, 11) is 1.78. The zero-order chi connectivity index (χ0) is 15.8. The van der Waals surface area contributed by atoms with Gasteiger partial charge in [-0.3, -0.25) is 4.79 Å². The quantitative estimate of drug-likeness (QED) is 0.743. The summed E-state index contributed by atoms with van der Waals surface area (Å²) in [4.78, 5) is 15.5. The number of carbonyl (C=O) groups excluding carboxylic acids is 1. The van der Waals surface area contributed by atoms with E-state index >= 15 is 0 Å². The Morgan fingerprint density at radius 2 is 1.95 bits per heavy atom. The first kappa shape index (κ1) is 17.4. The van der Waals surface area contributed by atoms with Crippen molar-refractivity contribution in [3.8, 4) is 0 Å². The van der Waals surface area contributed by atoms with E-state index in [0.29, 0.717) is 25.0 Å². The Labute approximate surface area is 126 Å².